The van der Waals surface area contributed by atoms with Crippen LogP contribution in [0.1, 0.15) is 37.1 Å². The van der Waals surface area contributed by atoms with Crippen LogP contribution in [0.15, 0.2) is 16.6 Å². The molecule has 0 bridgehead atoms. The molecule has 1 aromatic carbocycles. The van der Waals surface area contributed by atoms with Gasteiger partial charge in [-0.1, -0.05) is 41.4 Å². The molecule has 0 aliphatic rings. The maximum atomic E-state index is 13.7. The Kier molecular flexibility index (Phi) is 5.75. The van der Waals surface area contributed by atoms with Crippen LogP contribution in [0.2, 0.25) is 5.02 Å². The maximum Gasteiger partial charge on any atom is 0.128 e. The lowest BCUT2D eigenvalue weighted by atomic mass is 10.0. The molecule has 1 unspecified atom stereocenters. The number of hydrogen-bond donors (Lipinski definition) is 0. The Morgan fingerprint density at radius 2 is 1.94 bits per heavy atom. The molecule has 0 saturated heterocycles. The second kappa shape index (κ2) is 6.36. The van der Waals surface area contributed by atoms with Crippen LogP contribution in [-0.4, -0.2) is 0 Å². The normalized spacial score (nSPS) is 13.2. The zero-order valence-corrected chi connectivity index (χ0v) is 13.2. The van der Waals surface area contributed by atoms with E-state index in [1.165, 1.54) is 6.07 Å². The Bertz CT molecular complexity index is 366. The van der Waals surface area contributed by atoms with Crippen LogP contribution in [0.3, 0.4) is 0 Å². The fourth-order valence-electron chi connectivity index (χ4n) is 1.41. The Morgan fingerprint density at radius 1 is 1.31 bits per heavy atom. The number of halogens is 4. The summed E-state index contributed by atoms with van der Waals surface area (Å²) >= 11 is 12.7. The van der Waals surface area contributed by atoms with Gasteiger partial charge in [-0.3, -0.25) is 0 Å². The summed E-state index contributed by atoms with van der Waals surface area (Å²) in [5.41, 5.74) is 0.633. The van der Waals surface area contributed by atoms with Crippen LogP contribution in [0, 0.1) is 11.7 Å². The van der Waals surface area contributed by atoms with E-state index in [1.54, 1.807) is 6.07 Å². The van der Waals surface area contributed by atoms with E-state index in [-0.39, 0.29) is 10.6 Å². The van der Waals surface area contributed by atoms with Crippen molar-refractivity contribution in [3.05, 3.63) is 33.0 Å². The summed E-state index contributed by atoms with van der Waals surface area (Å²) in [5.74, 6) is 0.399. The molecule has 0 aliphatic carbocycles. The van der Waals surface area contributed by atoms with Crippen LogP contribution in [0.25, 0.3) is 0 Å². The molecule has 0 aromatic heterocycles. The summed E-state index contributed by atoms with van der Waals surface area (Å²) in [6.45, 7) is 4.31. The van der Waals surface area contributed by atoms with Gasteiger partial charge in [0, 0.05) is 14.9 Å². The van der Waals surface area contributed by atoms with Crippen molar-refractivity contribution in [3.63, 3.8) is 0 Å². The molecule has 0 spiro atoms. The first-order valence-corrected chi connectivity index (χ1v) is 7.29. The minimum absolute atomic E-state index is 0.0282. The molecule has 16 heavy (non-hydrogen) atoms. The van der Waals surface area contributed by atoms with Crippen LogP contribution in [-0.2, 0) is 0 Å². The lowest BCUT2D eigenvalue weighted by molar-refractivity contribution is 0.540. The molecule has 1 rings (SSSR count). The highest BCUT2D eigenvalue weighted by atomic mass is 79.9. The Morgan fingerprint density at radius 3 is 2.50 bits per heavy atom. The fourth-order valence-corrected chi connectivity index (χ4v) is 2.52. The Hall–Kier alpha value is 0.400. The number of hydrogen-bond acceptors (Lipinski definition) is 0. The van der Waals surface area contributed by atoms with E-state index in [2.05, 4.69) is 45.7 Å². The number of alkyl halides is 1. The third-order valence-corrected chi connectivity index (χ3v) is 4.52. The minimum atomic E-state index is -0.220. The first-order valence-electron chi connectivity index (χ1n) is 5.20. The third kappa shape index (κ3) is 4.01. The highest BCUT2D eigenvalue weighted by molar-refractivity contribution is 9.10. The number of rotatable bonds is 4. The summed E-state index contributed by atoms with van der Waals surface area (Å²) < 4.78 is 14.3. The van der Waals surface area contributed by atoms with Gasteiger partial charge in [0.05, 0.1) is 5.02 Å². The van der Waals surface area contributed by atoms with E-state index < -0.39 is 0 Å². The molecule has 1 aromatic rings. The molecule has 1 atom stereocenters. The van der Waals surface area contributed by atoms with Gasteiger partial charge in [-0.15, -0.1) is 0 Å². The first-order chi connectivity index (χ1) is 7.41. The lowest BCUT2D eigenvalue weighted by Gasteiger charge is -2.13. The molecule has 0 saturated carbocycles. The summed E-state index contributed by atoms with van der Waals surface area (Å²) in [5, 5.41) is 0.547. The minimum Gasteiger partial charge on any atom is -0.207 e. The third-order valence-electron chi connectivity index (χ3n) is 2.37. The van der Waals surface area contributed by atoms with Crippen molar-refractivity contribution >= 4 is 43.5 Å². The van der Waals surface area contributed by atoms with Crippen LogP contribution in [0.5, 0.6) is 0 Å². The Balaban J connectivity index is 2.82. The molecule has 0 N–H and O–H groups in total. The van der Waals surface area contributed by atoms with E-state index >= 15 is 0 Å². The molecule has 0 aliphatic heterocycles. The maximum absolute atomic E-state index is 13.7. The van der Waals surface area contributed by atoms with Gasteiger partial charge in [0.1, 0.15) is 5.82 Å². The highest BCUT2D eigenvalue weighted by Gasteiger charge is 2.15. The zero-order valence-electron chi connectivity index (χ0n) is 9.24. The predicted octanol–water partition coefficient (Wildman–Crippen LogP) is 6.11. The van der Waals surface area contributed by atoms with E-state index in [0.29, 0.717) is 21.0 Å². The molecule has 90 valence electrons. The average molecular weight is 373 g/mol. The summed E-state index contributed by atoms with van der Waals surface area (Å²) in [4.78, 5) is 0.0282. The standard InChI is InChI=1S/C12H14Br2ClF/c1-7(2)3-4-9(13)8-5-11(15)10(14)6-12(8)16/h5-7,9H,3-4H2,1-2H3. The average Bonchev–Trinajstić information content (AvgIpc) is 2.20. The lowest BCUT2D eigenvalue weighted by Crippen LogP contribution is -1.97. The van der Waals surface area contributed by atoms with Crippen molar-refractivity contribution in [3.8, 4) is 0 Å². The van der Waals surface area contributed by atoms with Gasteiger partial charge in [-0.25, -0.2) is 4.39 Å². The largest absolute Gasteiger partial charge is 0.207 e. The predicted molar refractivity (Wildman–Crippen MR) is 74.9 cm³/mol. The Labute approximate surface area is 118 Å². The smallest absolute Gasteiger partial charge is 0.128 e. The summed E-state index contributed by atoms with van der Waals surface area (Å²) in [6, 6.07) is 3.10. The molecule has 0 heterocycles. The van der Waals surface area contributed by atoms with E-state index in [1.807, 2.05) is 0 Å². The first kappa shape index (κ1) is 14.5. The highest BCUT2D eigenvalue weighted by Crippen LogP contribution is 2.35. The molecule has 0 radical (unpaired) electrons. The molecular weight excluding hydrogens is 358 g/mol. The van der Waals surface area contributed by atoms with Crippen molar-refractivity contribution in [1.82, 2.24) is 0 Å². The van der Waals surface area contributed by atoms with Crippen molar-refractivity contribution in [2.45, 2.75) is 31.5 Å². The molecule has 0 nitrogen and oxygen atoms in total. The van der Waals surface area contributed by atoms with Gasteiger partial charge >= 0.3 is 0 Å². The van der Waals surface area contributed by atoms with Gasteiger partial charge in [-0.2, -0.15) is 0 Å². The topological polar surface area (TPSA) is 0 Å². The molecule has 0 fully saturated rings. The summed E-state index contributed by atoms with van der Waals surface area (Å²) in [7, 11) is 0. The number of benzene rings is 1. The molecule has 0 amide bonds. The zero-order chi connectivity index (χ0) is 12.3. The van der Waals surface area contributed by atoms with Crippen LogP contribution < -0.4 is 0 Å². The van der Waals surface area contributed by atoms with Crippen molar-refractivity contribution in [2.24, 2.45) is 5.92 Å². The van der Waals surface area contributed by atoms with Crippen LogP contribution in [0.4, 0.5) is 4.39 Å². The fraction of sp³-hybridized carbons (Fsp3) is 0.500. The van der Waals surface area contributed by atoms with Crippen molar-refractivity contribution in [2.75, 3.05) is 0 Å². The molecular formula is C12H14Br2ClF. The van der Waals surface area contributed by atoms with Gasteiger partial charge in [0.15, 0.2) is 0 Å². The van der Waals surface area contributed by atoms with E-state index in [4.69, 9.17) is 11.6 Å². The van der Waals surface area contributed by atoms with Gasteiger partial charge in [0.2, 0.25) is 0 Å². The van der Waals surface area contributed by atoms with Gasteiger partial charge in [-0.05, 0) is 46.8 Å². The van der Waals surface area contributed by atoms with Crippen LogP contribution >= 0.6 is 43.5 Å². The van der Waals surface area contributed by atoms with E-state index in [9.17, 15) is 4.39 Å². The van der Waals surface area contributed by atoms with Gasteiger partial charge in [0.25, 0.3) is 0 Å². The SMILES string of the molecule is CC(C)CCC(Br)c1cc(Cl)c(Br)cc1F. The second-order valence-corrected chi connectivity index (χ2v) is 6.59. The van der Waals surface area contributed by atoms with Crippen molar-refractivity contribution in [1.29, 1.82) is 0 Å². The monoisotopic (exact) mass is 370 g/mol. The quantitative estimate of drug-likeness (QED) is 0.442. The second-order valence-electron chi connectivity index (χ2n) is 4.23. The van der Waals surface area contributed by atoms with Crippen molar-refractivity contribution < 1.29 is 4.39 Å². The van der Waals surface area contributed by atoms with Gasteiger partial charge < -0.3 is 0 Å². The summed E-state index contributed by atoms with van der Waals surface area (Å²) in [6.07, 6.45) is 1.97. The molecule has 4 heteroatoms. The van der Waals surface area contributed by atoms with E-state index in [0.717, 1.165) is 12.8 Å².